The van der Waals surface area contributed by atoms with Gasteiger partial charge in [0, 0.05) is 26.2 Å². The van der Waals surface area contributed by atoms with E-state index in [-0.39, 0.29) is 47.8 Å². The highest BCUT2D eigenvalue weighted by atomic mass is 16.6. The van der Waals surface area contributed by atoms with Crippen LogP contribution in [0.15, 0.2) is 0 Å². The van der Waals surface area contributed by atoms with E-state index < -0.39 is 11.2 Å². The van der Waals surface area contributed by atoms with Crippen LogP contribution in [-0.4, -0.2) is 85.5 Å². The van der Waals surface area contributed by atoms with Gasteiger partial charge in [-0.1, -0.05) is 13.8 Å². The molecule has 0 saturated carbocycles. The maximum absolute atomic E-state index is 11.9. The Balaban J connectivity index is 0.000000360. The Morgan fingerprint density at radius 3 is 1.19 bits per heavy atom. The average Bonchev–Trinajstić information content (AvgIpc) is 2.76. The van der Waals surface area contributed by atoms with Crippen molar-refractivity contribution in [2.75, 3.05) is 40.4 Å². The lowest BCUT2D eigenvalue weighted by molar-refractivity contribution is -0.150. The Hall–Kier alpha value is -2.52. The molecule has 208 valence electrons. The monoisotopic (exact) mass is 514 g/mol. The smallest absolute Gasteiger partial charge is 0.410 e. The third-order valence-electron chi connectivity index (χ3n) is 6.23. The van der Waals surface area contributed by atoms with Crippen molar-refractivity contribution in [3.8, 4) is 0 Å². The number of amides is 2. The summed E-state index contributed by atoms with van der Waals surface area (Å²) in [6, 6.07) is 0. The second-order valence-electron chi connectivity index (χ2n) is 11.6. The van der Waals surface area contributed by atoms with Crippen molar-refractivity contribution < 1.29 is 38.1 Å². The predicted octanol–water partition coefficient (Wildman–Crippen LogP) is 4.11. The first-order valence-corrected chi connectivity index (χ1v) is 12.6. The number of piperidine rings is 2. The maximum atomic E-state index is 11.9. The average molecular weight is 515 g/mol. The summed E-state index contributed by atoms with van der Waals surface area (Å²) in [6.45, 7) is 17.0. The molecule has 0 aromatic carbocycles. The summed E-state index contributed by atoms with van der Waals surface area (Å²) in [4.78, 5) is 50.3. The quantitative estimate of drug-likeness (QED) is 0.400. The van der Waals surface area contributed by atoms with Crippen LogP contribution in [0.5, 0.6) is 0 Å². The molecule has 2 saturated heterocycles. The molecule has 0 N–H and O–H groups in total. The van der Waals surface area contributed by atoms with Crippen LogP contribution in [0.25, 0.3) is 0 Å². The normalized spacial score (nSPS) is 24.6. The number of carbonyl (C=O) groups is 4. The summed E-state index contributed by atoms with van der Waals surface area (Å²) in [6.07, 6.45) is 0.865. The highest BCUT2D eigenvalue weighted by molar-refractivity contribution is 5.76. The molecule has 2 heterocycles. The fourth-order valence-electron chi connectivity index (χ4n) is 4.04. The van der Waals surface area contributed by atoms with E-state index in [2.05, 4.69) is 0 Å². The van der Waals surface area contributed by atoms with Crippen molar-refractivity contribution in [1.29, 1.82) is 0 Å². The van der Waals surface area contributed by atoms with Gasteiger partial charge in [0.1, 0.15) is 11.2 Å². The Kier molecular flexibility index (Phi) is 11.5. The van der Waals surface area contributed by atoms with Crippen LogP contribution in [0.3, 0.4) is 0 Å². The van der Waals surface area contributed by atoms with Crippen molar-refractivity contribution in [2.24, 2.45) is 23.7 Å². The molecule has 0 aliphatic carbocycles. The number of esters is 2. The number of nitrogens with zero attached hydrogens (tertiary/aromatic N) is 2. The van der Waals surface area contributed by atoms with Gasteiger partial charge < -0.3 is 28.7 Å². The van der Waals surface area contributed by atoms with Gasteiger partial charge in [-0.15, -0.1) is 0 Å². The highest BCUT2D eigenvalue weighted by Crippen LogP contribution is 2.26. The van der Waals surface area contributed by atoms with Crippen LogP contribution in [0.1, 0.15) is 68.2 Å². The number of hydrogen-bond donors (Lipinski definition) is 0. The molecule has 10 heteroatoms. The Labute approximate surface area is 215 Å². The standard InChI is InChI=1S/2C13H23NO4/c2*1-9-6-7-14(8-10(9)11(15)17-5)12(16)18-13(2,3)4/h2*9-10H,6-8H2,1-5H3/t2*9-,10-/m10/s1. The molecule has 2 aliphatic rings. The lowest BCUT2D eigenvalue weighted by Crippen LogP contribution is -2.47. The first kappa shape index (κ1) is 31.5. The minimum atomic E-state index is -0.513. The second kappa shape index (κ2) is 13.1. The molecular weight excluding hydrogens is 468 g/mol. The number of ether oxygens (including phenoxy) is 4. The number of methoxy groups -OCH3 is 2. The summed E-state index contributed by atoms with van der Waals surface area (Å²) in [5, 5.41) is 0. The largest absolute Gasteiger partial charge is 0.469 e. The van der Waals surface area contributed by atoms with Gasteiger partial charge >= 0.3 is 24.1 Å². The molecule has 2 rings (SSSR count). The number of likely N-dealkylation sites (tertiary alicyclic amines) is 2. The number of rotatable bonds is 2. The van der Waals surface area contributed by atoms with Gasteiger partial charge in [-0.2, -0.15) is 0 Å². The van der Waals surface area contributed by atoms with E-state index in [1.165, 1.54) is 14.2 Å². The minimum absolute atomic E-state index is 0.233. The molecule has 2 aliphatic heterocycles. The van der Waals surface area contributed by atoms with E-state index in [4.69, 9.17) is 18.9 Å². The van der Waals surface area contributed by atoms with E-state index in [1.54, 1.807) is 9.80 Å². The van der Waals surface area contributed by atoms with Crippen LogP contribution in [-0.2, 0) is 28.5 Å². The molecular formula is C26H46N2O8. The third kappa shape index (κ3) is 10.2. The Morgan fingerprint density at radius 2 is 0.944 bits per heavy atom. The number of carbonyl (C=O) groups excluding carboxylic acids is 4. The summed E-state index contributed by atoms with van der Waals surface area (Å²) in [5.74, 6) is -0.550. The van der Waals surface area contributed by atoms with Gasteiger partial charge in [0.2, 0.25) is 0 Å². The van der Waals surface area contributed by atoms with Gasteiger partial charge in [-0.25, -0.2) is 9.59 Å². The zero-order valence-electron chi connectivity index (χ0n) is 23.7. The van der Waals surface area contributed by atoms with Gasteiger partial charge in [0.15, 0.2) is 0 Å². The molecule has 2 fully saturated rings. The zero-order valence-corrected chi connectivity index (χ0v) is 23.7. The van der Waals surface area contributed by atoms with E-state index >= 15 is 0 Å². The van der Waals surface area contributed by atoms with Crippen molar-refractivity contribution in [3.63, 3.8) is 0 Å². The maximum Gasteiger partial charge on any atom is 0.410 e. The highest BCUT2D eigenvalue weighted by Gasteiger charge is 2.37. The van der Waals surface area contributed by atoms with Crippen LogP contribution in [0, 0.1) is 23.7 Å². The van der Waals surface area contributed by atoms with Crippen molar-refractivity contribution in [3.05, 3.63) is 0 Å². The topological polar surface area (TPSA) is 112 Å². The molecule has 2 amide bonds. The lowest BCUT2D eigenvalue weighted by Gasteiger charge is -2.36. The van der Waals surface area contributed by atoms with Crippen LogP contribution in [0.4, 0.5) is 9.59 Å². The van der Waals surface area contributed by atoms with Crippen LogP contribution >= 0.6 is 0 Å². The van der Waals surface area contributed by atoms with Crippen LogP contribution in [0.2, 0.25) is 0 Å². The zero-order chi connectivity index (χ0) is 27.8. The fraction of sp³-hybridized carbons (Fsp3) is 0.846. The Bertz CT molecular complexity index is 707. The van der Waals surface area contributed by atoms with Gasteiger partial charge in [-0.05, 0) is 66.2 Å². The summed E-state index contributed by atoms with van der Waals surface area (Å²) in [7, 11) is 2.75. The van der Waals surface area contributed by atoms with Crippen molar-refractivity contribution in [2.45, 2.75) is 79.4 Å². The van der Waals surface area contributed by atoms with Gasteiger partial charge in [0.05, 0.1) is 26.1 Å². The summed E-state index contributed by atoms with van der Waals surface area (Å²) >= 11 is 0. The molecule has 36 heavy (non-hydrogen) atoms. The van der Waals surface area contributed by atoms with Crippen molar-refractivity contribution in [1.82, 2.24) is 9.80 Å². The number of hydrogen-bond acceptors (Lipinski definition) is 8. The molecule has 0 bridgehead atoms. The second-order valence-corrected chi connectivity index (χ2v) is 11.6. The predicted molar refractivity (Wildman–Crippen MR) is 134 cm³/mol. The fourth-order valence-corrected chi connectivity index (χ4v) is 4.04. The van der Waals surface area contributed by atoms with E-state index in [0.29, 0.717) is 26.2 Å². The third-order valence-corrected chi connectivity index (χ3v) is 6.23. The molecule has 0 radical (unpaired) electrons. The first-order chi connectivity index (χ1) is 16.5. The molecule has 0 unspecified atom stereocenters. The molecule has 0 aromatic heterocycles. The van der Waals surface area contributed by atoms with Gasteiger partial charge in [0.25, 0.3) is 0 Å². The molecule has 0 spiro atoms. The van der Waals surface area contributed by atoms with Crippen LogP contribution < -0.4 is 0 Å². The summed E-state index contributed by atoms with van der Waals surface area (Å²) < 4.78 is 20.2. The minimum Gasteiger partial charge on any atom is -0.469 e. The van der Waals surface area contributed by atoms with Crippen molar-refractivity contribution >= 4 is 24.1 Å². The molecule has 0 aromatic rings. The Morgan fingerprint density at radius 1 is 0.639 bits per heavy atom. The SMILES string of the molecule is COC(=O)[C@@H]1CN(C(=O)OC(C)(C)C)CC[C@H]1C.COC(=O)[C@H]1CN(C(=O)OC(C)(C)C)CC[C@@H]1C. The lowest BCUT2D eigenvalue weighted by atomic mass is 9.87. The van der Waals surface area contributed by atoms with E-state index in [0.717, 1.165) is 12.8 Å². The first-order valence-electron chi connectivity index (χ1n) is 12.6. The van der Waals surface area contributed by atoms with E-state index in [9.17, 15) is 19.2 Å². The van der Waals surface area contributed by atoms with E-state index in [1.807, 2.05) is 55.4 Å². The summed E-state index contributed by atoms with van der Waals surface area (Å²) in [5.41, 5.74) is -1.03. The van der Waals surface area contributed by atoms with Gasteiger partial charge in [-0.3, -0.25) is 9.59 Å². The molecule has 10 nitrogen and oxygen atoms in total. The molecule has 4 atom stereocenters.